The first-order valence-electron chi connectivity index (χ1n) is 11.9. The summed E-state index contributed by atoms with van der Waals surface area (Å²) >= 11 is 0. The first-order chi connectivity index (χ1) is 15.7. The van der Waals surface area contributed by atoms with Crippen molar-refractivity contribution in [2.24, 2.45) is 5.92 Å². The van der Waals surface area contributed by atoms with Gasteiger partial charge in [0.25, 0.3) is 11.7 Å². The van der Waals surface area contributed by atoms with E-state index in [0.717, 1.165) is 0 Å². The number of Topliss-reactive ketones (excluding diaryl/α,β-unsaturated/α-hetero) is 1. The molecule has 4 N–H and O–H groups in total. The molecule has 3 unspecified atom stereocenters. The molecule has 1 fully saturated rings. The second-order valence-electron chi connectivity index (χ2n) is 10.0. The van der Waals surface area contributed by atoms with Gasteiger partial charge < -0.3 is 25.6 Å². The van der Waals surface area contributed by atoms with E-state index < -0.39 is 53.4 Å². The predicted molar refractivity (Wildman–Crippen MR) is 127 cm³/mol. The highest BCUT2D eigenvalue weighted by Crippen LogP contribution is 2.21. The predicted octanol–water partition coefficient (Wildman–Crippen LogP) is 0.672. The van der Waals surface area contributed by atoms with Gasteiger partial charge in [0.05, 0.1) is 0 Å². The van der Waals surface area contributed by atoms with E-state index in [1.807, 2.05) is 0 Å². The van der Waals surface area contributed by atoms with Crippen LogP contribution in [0.25, 0.3) is 0 Å². The lowest BCUT2D eigenvalue weighted by molar-refractivity contribution is -0.143. The number of ketones is 1. The Kier molecular flexibility index (Phi) is 10.9. The molecule has 0 radical (unpaired) electrons. The van der Waals surface area contributed by atoms with Crippen molar-refractivity contribution >= 4 is 29.6 Å². The number of hydrogen-bond donors (Lipinski definition) is 4. The van der Waals surface area contributed by atoms with Crippen LogP contribution in [-0.2, 0) is 23.9 Å². The van der Waals surface area contributed by atoms with Crippen LogP contribution in [0, 0.1) is 5.92 Å². The molecule has 1 aliphatic heterocycles. The van der Waals surface area contributed by atoms with E-state index in [2.05, 4.69) is 21.3 Å². The van der Waals surface area contributed by atoms with Crippen LogP contribution < -0.4 is 21.3 Å². The molecule has 194 valence electrons. The number of rotatable bonds is 10. The van der Waals surface area contributed by atoms with Gasteiger partial charge in [-0.2, -0.15) is 0 Å². The Bertz CT molecular complexity index is 761. The molecule has 1 heterocycles. The van der Waals surface area contributed by atoms with Gasteiger partial charge in [-0.3, -0.25) is 24.5 Å². The summed E-state index contributed by atoms with van der Waals surface area (Å²) in [7, 11) is 0. The van der Waals surface area contributed by atoms with Gasteiger partial charge in [0.1, 0.15) is 23.9 Å². The second kappa shape index (κ2) is 12.7. The van der Waals surface area contributed by atoms with Crippen LogP contribution in [0.5, 0.6) is 0 Å². The highest BCUT2D eigenvalue weighted by atomic mass is 16.6. The molecular weight excluding hydrogens is 442 g/mol. The smallest absolute Gasteiger partial charge is 0.408 e. The fourth-order valence-corrected chi connectivity index (χ4v) is 3.56. The Balaban J connectivity index is 2.99. The third-order valence-electron chi connectivity index (χ3n) is 5.05. The fourth-order valence-electron chi connectivity index (χ4n) is 3.56. The molecule has 4 amide bonds. The number of nitrogens with zero attached hydrogens (tertiary/aromatic N) is 1. The summed E-state index contributed by atoms with van der Waals surface area (Å²) in [4.78, 5) is 64.7. The standard InChI is InChI=1S/C23H41N5O6/c1-9-24-20(31)17(29)18(25-14(4)5)27-19(30)15-11-10-12-28(15)21(32)16(13(2)3)26-22(33)34-23(6,7)8/h13-16,18,25H,9-12H2,1-8H3,(H,24,31)(H,26,33)(H,27,30). The largest absolute Gasteiger partial charge is 0.444 e. The third kappa shape index (κ3) is 8.92. The Hall–Kier alpha value is -2.69. The van der Waals surface area contributed by atoms with Gasteiger partial charge in [0.2, 0.25) is 11.8 Å². The van der Waals surface area contributed by atoms with Crippen LogP contribution >= 0.6 is 0 Å². The van der Waals surface area contributed by atoms with E-state index in [4.69, 9.17) is 4.74 Å². The average Bonchev–Trinajstić information content (AvgIpc) is 3.18. The average molecular weight is 484 g/mol. The molecule has 1 saturated heterocycles. The summed E-state index contributed by atoms with van der Waals surface area (Å²) < 4.78 is 5.28. The maximum absolute atomic E-state index is 13.3. The Morgan fingerprint density at radius 2 is 1.65 bits per heavy atom. The van der Waals surface area contributed by atoms with E-state index in [9.17, 15) is 24.0 Å². The maximum atomic E-state index is 13.3. The van der Waals surface area contributed by atoms with Gasteiger partial charge in [-0.15, -0.1) is 0 Å². The summed E-state index contributed by atoms with van der Waals surface area (Å²) in [6.45, 7) is 14.6. The molecule has 1 aliphatic rings. The van der Waals surface area contributed by atoms with E-state index in [0.29, 0.717) is 19.4 Å². The van der Waals surface area contributed by atoms with Crippen molar-refractivity contribution < 1.29 is 28.7 Å². The SMILES string of the molecule is CCNC(=O)C(=O)C(NC(=O)C1CCCN1C(=O)C(NC(=O)OC(C)(C)C)C(C)C)NC(C)C. The molecule has 11 nitrogen and oxygen atoms in total. The Labute approximate surface area is 202 Å². The van der Waals surface area contributed by atoms with Crippen LogP contribution in [0.4, 0.5) is 4.79 Å². The highest BCUT2D eigenvalue weighted by molar-refractivity contribution is 6.38. The quantitative estimate of drug-likeness (QED) is 0.264. The zero-order chi connectivity index (χ0) is 26.2. The van der Waals surface area contributed by atoms with E-state index in [-0.39, 0.29) is 18.5 Å². The zero-order valence-corrected chi connectivity index (χ0v) is 21.6. The minimum absolute atomic E-state index is 0.187. The van der Waals surface area contributed by atoms with Crippen molar-refractivity contribution in [2.75, 3.05) is 13.1 Å². The van der Waals surface area contributed by atoms with Gasteiger partial charge >= 0.3 is 6.09 Å². The van der Waals surface area contributed by atoms with Crippen molar-refractivity contribution in [1.82, 2.24) is 26.2 Å². The molecule has 1 rings (SSSR count). The van der Waals surface area contributed by atoms with Crippen LogP contribution in [0.3, 0.4) is 0 Å². The molecule has 0 bridgehead atoms. The number of ether oxygens (including phenoxy) is 1. The third-order valence-corrected chi connectivity index (χ3v) is 5.05. The van der Waals surface area contributed by atoms with Crippen molar-refractivity contribution in [2.45, 2.75) is 98.1 Å². The van der Waals surface area contributed by atoms with Gasteiger partial charge in [0.15, 0.2) is 0 Å². The van der Waals surface area contributed by atoms with E-state index in [1.165, 1.54) is 4.90 Å². The first kappa shape index (κ1) is 29.3. The lowest BCUT2D eigenvalue weighted by Crippen LogP contribution is -2.61. The molecule has 0 aliphatic carbocycles. The van der Waals surface area contributed by atoms with Crippen LogP contribution in [0.2, 0.25) is 0 Å². The summed E-state index contributed by atoms with van der Waals surface area (Å²) in [5.74, 6) is -2.81. The molecule has 0 aromatic carbocycles. The summed E-state index contributed by atoms with van der Waals surface area (Å²) in [6.07, 6.45) is -0.947. The number of alkyl carbamates (subject to hydrolysis) is 1. The van der Waals surface area contributed by atoms with Crippen LogP contribution in [-0.4, -0.2) is 77.5 Å². The van der Waals surface area contributed by atoms with Gasteiger partial charge in [-0.05, 0) is 60.3 Å². The van der Waals surface area contributed by atoms with E-state index >= 15 is 0 Å². The highest BCUT2D eigenvalue weighted by Gasteiger charge is 2.40. The molecule has 3 atom stereocenters. The number of hydrogen-bond acceptors (Lipinski definition) is 7. The monoisotopic (exact) mass is 483 g/mol. The van der Waals surface area contributed by atoms with Gasteiger partial charge in [-0.25, -0.2) is 4.79 Å². The maximum Gasteiger partial charge on any atom is 0.408 e. The number of likely N-dealkylation sites (N-methyl/N-ethyl adjacent to an activating group) is 1. The zero-order valence-electron chi connectivity index (χ0n) is 21.6. The Morgan fingerprint density at radius 1 is 1.03 bits per heavy atom. The lowest BCUT2D eigenvalue weighted by Gasteiger charge is -2.32. The molecule has 0 saturated carbocycles. The number of carbonyl (C=O) groups is 5. The van der Waals surface area contributed by atoms with Crippen LogP contribution in [0.1, 0.15) is 68.2 Å². The minimum Gasteiger partial charge on any atom is -0.444 e. The molecule has 34 heavy (non-hydrogen) atoms. The van der Waals surface area contributed by atoms with Crippen molar-refractivity contribution in [3.63, 3.8) is 0 Å². The summed E-state index contributed by atoms with van der Waals surface area (Å²) in [5, 5.41) is 10.5. The molecule has 0 aromatic heterocycles. The number of carbonyl (C=O) groups excluding carboxylic acids is 5. The summed E-state index contributed by atoms with van der Waals surface area (Å²) in [6, 6.07) is -1.90. The van der Waals surface area contributed by atoms with Crippen molar-refractivity contribution in [1.29, 1.82) is 0 Å². The van der Waals surface area contributed by atoms with E-state index in [1.54, 1.807) is 55.4 Å². The normalized spacial score (nSPS) is 17.8. The lowest BCUT2D eigenvalue weighted by atomic mass is 10.0. The second-order valence-corrected chi connectivity index (χ2v) is 10.0. The summed E-state index contributed by atoms with van der Waals surface area (Å²) in [5.41, 5.74) is -0.722. The molecule has 0 aromatic rings. The van der Waals surface area contributed by atoms with Gasteiger partial charge in [0, 0.05) is 19.1 Å². The number of likely N-dealkylation sites (tertiary alicyclic amines) is 1. The minimum atomic E-state index is -1.22. The molecule has 0 spiro atoms. The van der Waals surface area contributed by atoms with Crippen LogP contribution in [0.15, 0.2) is 0 Å². The van der Waals surface area contributed by atoms with Gasteiger partial charge in [-0.1, -0.05) is 13.8 Å². The molecular formula is C23H41N5O6. The number of nitrogens with one attached hydrogen (secondary N) is 4. The van der Waals surface area contributed by atoms with Crippen molar-refractivity contribution in [3.8, 4) is 0 Å². The first-order valence-corrected chi connectivity index (χ1v) is 11.9. The van der Waals surface area contributed by atoms with Crippen molar-refractivity contribution in [3.05, 3.63) is 0 Å². The molecule has 11 heteroatoms. The number of amides is 4. The fraction of sp³-hybridized carbons (Fsp3) is 0.783. The topological polar surface area (TPSA) is 146 Å². The Morgan fingerprint density at radius 3 is 2.15 bits per heavy atom.